The van der Waals surface area contributed by atoms with Gasteiger partial charge in [0.1, 0.15) is 0 Å². The Bertz CT molecular complexity index is 554. The summed E-state index contributed by atoms with van der Waals surface area (Å²) in [6.07, 6.45) is 1.03. The fraction of sp³-hybridized carbons (Fsp3) is 0.357. The van der Waals surface area contributed by atoms with Crippen LogP contribution in [-0.4, -0.2) is 36.2 Å². The summed E-state index contributed by atoms with van der Waals surface area (Å²) in [6.45, 7) is -0.344. The first-order valence-corrected chi connectivity index (χ1v) is 6.23. The number of amides is 2. The predicted molar refractivity (Wildman–Crippen MR) is 67.9 cm³/mol. The van der Waals surface area contributed by atoms with Crippen molar-refractivity contribution in [3.05, 3.63) is 29.6 Å². The van der Waals surface area contributed by atoms with Crippen molar-refractivity contribution < 1.29 is 23.5 Å². The topological polar surface area (TPSA) is 63.7 Å². The lowest BCUT2D eigenvalue weighted by Gasteiger charge is -2.24. The molecule has 1 aromatic carbocycles. The van der Waals surface area contributed by atoms with Crippen molar-refractivity contribution in [2.75, 3.05) is 13.7 Å². The molecule has 1 fully saturated rings. The smallest absolute Gasteiger partial charge is 0.229 e. The van der Waals surface area contributed by atoms with Crippen molar-refractivity contribution in [2.24, 2.45) is 0 Å². The quantitative estimate of drug-likeness (QED) is 0.619. The number of halogens is 1. The molecule has 0 bridgehead atoms. The molecular formula is C14H14FNO4. The molecule has 1 saturated heterocycles. The number of nitrogens with zero attached hydrogens (tertiary/aromatic N) is 1. The maximum Gasteiger partial charge on any atom is 0.229 e. The summed E-state index contributed by atoms with van der Waals surface area (Å²) in [5.74, 6) is -1.82. The highest BCUT2D eigenvalue weighted by Crippen LogP contribution is 2.19. The molecule has 1 aliphatic heterocycles. The van der Waals surface area contributed by atoms with Crippen LogP contribution in [0.4, 0.5) is 4.39 Å². The first-order valence-electron chi connectivity index (χ1n) is 6.23. The number of ether oxygens (including phenoxy) is 1. The van der Waals surface area contributed by atoms with Crippen molar-refractivity contribution in [2.45, 2.75) is 19.3 Å². The van der Waals surface area contributed by atoms with E-state index in [1.54, 1.807) is 0 Å². The molecule has 0 aliphatic carbocycles. The molecule has 106 valence electrons. The Morgan fingerprint density at radius 3 is 2.50 bits per heavy atom. The number of imide groups is 1. The monoisotopic (exact) mass is 279 g/mol. The van der Waals surface area contributed by atoms with Gasteiger partial charge in [0.2, 0.25) is 11.8 Å². The molecule has 2 rings (SSSR count). The summed E-state index contributed by atoms with van der Waals surface area (Å²) >= 11 is 0. The van der Waals surface area contributed by atoms with Gasteiger partial charge < -0.3 is 4.74 Å². The molecule has 1 aliphatic rings. The lowest BCUT2D eigenvalue weighted by molar-refractivity contribution is -0.147. The molecular weight excluding hydrogens is 265 g/mol. The highest BCUT2D eigenvalue weighted by atomic mass is 19.1. The van der Waals surface area contributed by atoms with Gasteiger partial charge in [0.15, 0.2) is 17.3 Å². The molecule has 5 nitrogen and oxygen atoms in total. The zero-order valence-electron chi connectivity index (χ0n) is 11.0. The molecule has 0 unspecified atom stereocenters. The SMILES string of the molecule is COc1ccc(C(=O)CN2C(=O)CCCC2=O)cc1F. The van der Waals surface area contributed by atoms with Crippen LogP contribution in [0.25, 0.3) is 0 Å². The van der Waals surface area contributed by atoms with E-state index in [9.17, 15) is 18.8 Å². The van der Waals surface area contributed by atoms with Gasteiger partial charge in [0.25, 0.3) is 0 Å². The molecule has 2 amide bonds. The lowest BCUT2D eigenvalue weighted by Crippen LogP contribution is -2.43. The van der Waals surface area contributed by atoms with Crippen LogP contribution >= 0.6 is 0 Å². The Kier molecular flexibility index (Phi) is 4.12. The van der Waals surface area contributed by atoms with Gasteiger partial charge in [0.05, 0.1) is 13.7 Å². The molecule has 0 saturated carbocycles. The second-order valence-electron chi connectivity index (χ2n) is 4.50. The zero-order valence-corrected chi connectivity index (χ0v) is 11.0. The van der Waals surface area contributed by atoms with Gasteiger partial charge in [-0.1, -0.05) is 0 Å². The van der Waals surface area contributed by atoms with Crippen LogP contribution < -0.4 is 4.74 Å². The Morgan fingerprint density at radius 2 is 1.95 bits per heavy atom. The van der Waals surface area contributed by atoms with E-state index in [4.69, 9.17) is 4.74 Å². The molecule has 0 N–H and O–H groups in total. The molecule has 0 radical (unpaired) electrons. The van der Waals surface area contributed by atoms with Crippen LogP contribution in [-0.2, 0) is 9.59 Å². The normalized spacial score (nSPS) is 15.4. The van der Waals surface area contributed by atoms with E-state index >= 15 is 0 Å². The molecule has 0 spiro atoms. The van der Waals surface area contributed by atoms with E-state index in [1.165, 1.54) is 19.2 Å². The lowest BCUT2D eigenvalue weighted by atomic mass is 10.1. The van der Waals surface area contributed by atoms with Crippen molar-refractivity contribution in [3.63, 3.8) is 0 Å². The van der Waals surface area contributed by atoms with E-state index in [0.717, 1.165) is 11.0 Å². The number of ketones is 1. The molecule has 1 heterocycles. The number of benzene rings is 1. The number of likely N-dealkylation sites (tertiary alicyclic amines) is 1. The summed E-state index contributed by atoms with van der Waals surface area (Å²) in [7, 11) is 1.32. The predicted octanol–water partition coefficient (Wildman–Crippen LogP) is 1.56. The van der Waals surface area contributed by atoms with Gasteiger partial charge in [-0.2, -0.15) is 0 Å². The van der Waals surface area contributed by atoms with E-state index in [-0.39, 0.29) is 42.5 Å². The average molecular weight is 279 g/mol. The largest absolute Gasteiger partial charge is 0.494 e. The van der Waals surface area contributed by atoms with E-state index in [1.807, 2.05) is 0 Å². The van der Waals surface area contributed by atoms with Crippen molar-refractivity contribution in [1.29, 1.82) is 0 Å². The van der Waals surface area contributed by atoms with Crippen LogP contribution in [0.3, 0.4) is 0 Å². The summed E-state index contributed by atoms with van der Waals surface area (Å²) < 4.78 is 18.3. The minimum absolute atomic E-state index is 0.0340. The fourth-order valence-corrected chi connectivity index (χ4v) is 2.05. The van der Waals surface area contributed by atoms with E-state index < -0.39 is 11.6 Å². The second kappa shape index (κ2) is 5.81. The first kappa shape index (κ1) is 14.2. The zero-order chi connectivity index (χ0) is 14.7. The van der Waals surface area contributed by atoms with Gasteiger partial charge in [0, 0.05) is 18.4 Å². The maximum absolute atomic E-state index is 13.5. The number of piperidine rings is 1. The van der Waals surface area contributed by atoms with E-state index in [2.05, 4.69) is 0 Å². The Hall–Kier alpha value is -2.24. The van der Waals surface area contributed by atoms with E-state index in [0.29, 0.717) is 6.42 Å². The highest BCUT2D eigenvalue weighted by Gasteiger charge is 2.28. The average Bonchev–Trinajstić information content (AvgIpc) is 2.42. The number of hydrogen-bond donors (Lipinski definition) is 0. The van der Waals surface area contributed by atoms with Crippen molar-refractivity contribution in [1.82, 2.24) is 4.90 Å². The summed E-state index contributed by atoms with van der Waals surface area (Å²) in [4.78, 5) is 36.1. The van der Waals surface area contributed by atoms with Gasteiger partial charge in [-0.05, 0) is 24.6 Å². The molecule has 20 heavy (non-hydrogen) atoms. The first-order chi connectivity index (χ1) is 9.52. The minimum atomic E-state index is -0.658. The molecule has 1 aromatic rings. The van der Waals surface area contributed by atoms with Crippen LogP contribution in [0.15, 0.2) is 18.2 Å². The van der Waals surface area contributed by atoms with Gasteiger partial charge >= 0.3 is 0 Å². The Morgan fingerprint density at radius 1 is 1.30 bits per heavy atom. The third-order valence-electron chi connectivity index (χ3n) is 3.16. The number of hydrogen-bond acceptors (Lipinski definition) is 4. The van der Waals surface area contributed by atoms with Gasteiger partial charge in [-0.15, -0.1) is 0 Å². The summed E-state index contributed by atoms with van der Waals surface area (Å²) in [5, 5.41) is 0. The van der Waals surface area contributed by atoms with Crippen molar-refractivity contribution >= 4 is 17.6 Å². The van der Waals surface area contributed by atoms with Crippen molar-refractivity contribution in [3.8, 4) is 5.75 Å². The number of Topliss-reactive ketones (excluding diaryl/α,β-unsaturated/α-hetero) is 1. The number of carbonyl (C=O) groups is 3. The van der Waals surface area contributed by atoms with Gasteiger partial charge in [-0.25, -0.2) is 4.39 Å². The molecule has 0 atom stereocenters. The van der Waals surface area contributed by atoms with Gasteiger partial charge in [-0.3, -0.25) is 19.3 Å². The molecule has 6 heteroatoms. The number of methoxy groups -OCH3 is 1. The maximum atomic E-state index is 13.5. The van der Waals surface area contributed by atoms with Crippen LogP contribution in [0.5, 0.6) is 5.75 Å². The van der Waals surface area contributed by atoms with Crippen LogP contribution in [0.1, 0.15) is 29.6 Å². The standard InChI is InChI=1S/C14H14FNO4/c1-20-12-6-5-9(7-10(12)15)11(17)8-16-13(18)3-2-4-14(16)19/h5-7H,2-4,8H2,1H3. The third kappa shape index (κ3) is 2.84. The minimum Gasteiger partial charge on any atom is -0.494 e. The van der Waals surface area contributed by atoms with Crippen LogP contribution in [0, 0.1) is 5.82 Å². The molecule has 0 aromatic heterocycles. The Labute approximate surface area is 115 Å². The Balaban J connectivity index is 2.13. The summed E-state index contributed by atoms with van der Waals surface area (Å²) in [6, 6.07) is 3.78. The number of rotatable bonds is 4. The number of carbonyl (C=O) groups excluding carboxylic acids is 3. The van der Waals surface area contributed by atoms with Crippen LogP contribution in [0.2, 0.25) is 0 Å². The third-order valence-corrected chi connectivity index (χ3v) is 3.16. The second-order valence-corrected chi connectivity index (χ2v) is 4.50. The summed E-state index contributed by atoms with van der Waals surface area (Å²) in [5.41, 5.74) is 0.106. The fourth-order valence-electron chi connectivity index (χ4n) is 2.05. The highest BCUT2D eigenvalue weighted by molar-refractivity contribution is 6.05.